The fourth-order valence-corrected chi connectivity index (χ4v) is 5.59. The molecular weight excluding hydrogens is 610 g/mol. The summed E-state index contributed by atoms with van der Waals surface area (Å²) in [5, 5.41) is 17.5. The number of rotatable bonds is 7. The molecule has 0 bridgehead atoms. The standard InChI is InChI=1S/C25H24F10N4O2S/c1-11-8-23(28,29)10-39(11)9-15-16(42-19(36-15)18-37-38-20(41-18)21(2,3)40)13-6-5-12(7-14(13)17(26)27)22(4,24(30,31)32)25(33,34)35/h5-7,11,17,40H,8-10H2,1-4H3/t11-/m0/s1. The molecule has 0 spiro atoms. The van der Waals surface area contributed by atoms with Gasteiger partial charge in [0.25, 0.3) is 18.2 Å². The van der Waals surface area contributed by atoms with E-state index < -0.39 is 71.4 Å². The van der Waals surface area contributed by atoms with Gasteiger partial charge in [-0.15, -0.1) is 21.5 Å². The first-order chi connectivity index (χ1) is 19.0. The summed E-state index contributed by atoms with van der Waals surface area (Å²) >= 11 is 0.649. The Morgan fingerprint density at radius 2 is 1.69 bits per heavy atom. The zero-order chi connectivity index (χ0) is 31.6. The minimum absolute atomic E-state index is 0.0633. The second kappa shape index (κ2) is 10.4. The molecule has 0 unspecified atom stereocenters. The Kier molecular flexibility index (Phi) is 7.98. The van der Waals surface area contributed by atoms with Gasteiger partial charge in [0, 0.05) is 30.1 Å². The molecule has 0 saturated carbocycles. The predicted molar refractivity (Wildman–Crippen MR) is 130 cm³/mol. The molecule has 17 heteroatoms. The van der Waals surface area contributed by atoms with Crippen LogP contribution in [0.5, 0.6) is 0 Å². The number of alkyl halides is 10. The molecule has 1 aliphatic rings. The van der Waals surface area contributed by atoms with E-state index in [0.717, 1.165) is 0 Å². The third-order valence-corrected chi connectivity index (χ3v) is 8.19. The molecule has 0 amide bonds. The molecule has 3 heterocycles. The van der Waals surface area contributed by atoms with Crippen LogP contribution in [0.4, 0.5) is 43.9 Å². The van der Waals surface area contributed by atoms with Gasteiger partial charge in [0.15, 0.2) is 10.4 Å². The van der Waals surface area contributed by atoms with E-state index in [2.05, 4.69) is 15.2 Å². The molecule has 1 aromatic carbocycles. The highest BCUT2D eigenvalue weighted by Gasteiger charge is 2.68. The lowest BCUT2D eigenvalue weighted by molar-refractivity contribution is -0.297. The van der Waals surface area contributed by atoms with Crippen LogP contribution in [0.1, 0.15) is 63.3 Å². The van der Waals surface area contributed by atoms with Crippen molar-refractivity contribution >= 4 is 11.3 Å². The van der Waals surface area contributed by atoms with Crippen LogP contribution < -0.4 is 0 Å². The molecule has 1 saturated heterocycles. The van der Waals surface area contributed by atoms with Gasteiger partial charge in [0.1, 0.15) is 5.60 Å². The Morgan fingerprint density at radius 1 is 1.07 bits per heavy atom. The molecule has 1 atom stereocenters. The van der Waals surface area contributed by atoms with Gasteiger partial charge in [-0.05, 0) is 39.3 Å². The summed E-state index contributed by atoms with van der Waals surface area (Å²) in [6.07, 6.45) is -15.8. The molecule has 0 radical (unpaired) electrons. The normalized spacial score (nSPS) is 18.8. The first-order valence-corrected chi connectivity index (χ1v) is 13.1. The summed E-state index contributed by atoms with van der Waals surface area (Å²) in [6.45, 7) is 3.03. The summed E-state index contributed by atoms with van der Waals surface area (Å²) in [6, 6.07) is 0.637. The summed E-state index contributed by atoms with van der Waals surface area (Å²) in [7, 11) is 0. The second-order valence-corrected chi connectivity index (χ2v) is 11.8. The Hall–Kier alpha value is -2.79. The highest BCUT2D eigenvalue weighted by molar-refractivity contribution is 7.18. The van der Waals surface area contributed by atoms with Gasteiger partial charge < -0.3 is 9.52 Å². The number of halogens is 10. The Balaban J connectivity index is 1.89. The van der Waals surface area contributed by atoms with Crippen LogP contribution in [-0.4, -0.2) is 56.0 Å². The minimum atomic E-state index is -5.87. The Morgan fingerprint density at radius 3 is 2.17 bits per heavy atom. The molecule has 4 rings (SSSR count). The molecule has 6 nitrogen and oxygen atoms in total. The number of benzene rings is 1. The van der Waals surface area contributed by atoms with E-state index in [1.165, 1.54) is 25.7 Å². The lowest BCUT2D eigenvalue weighted by atomic mass is 9.79. The minimum Gasteiger partial charge on any atom is -0.415 e. The van der Waals surface area contributed by atoms with Crippen molar-refractivity contribution in [2.24, 2.45) is 0 Å². The van der Waals surface area contributed by atoms with E-state index in [9.17, 15) is 49.0 Å². The number of nitrogens with zero attached hydrogens (tertiary/aromatic N) is 4. The molecule has 42 heavy (non-hydrogen) atoms. The molecular formula is C25H24F10N4O2S. The zero-order valence-corrected chi connectivity index (χ0v) is 23.2. The second-order valence-electron chi connectivity index (χ2n) is 10.8. The maximum Gasteiger partial charge on any atom is 0.406 e. The van der Waals surface area contributed by atoms with Crippen LogP contribution in [-0.2, 0) is 17.6 Å². The number of likely N-dealkylation sites (tertiary alicyclic amines) is 1. The highest BCUT2D eigenvalue weighted by Crippen LogP contribution is 2.53. The van der Waals surface area contributed by atoms with Gasteiger partial charge in [-0.2, -0.15) is 26.3 Å². The number of hydrogen-bond acceptors (Lipinski definition) is 7. The maximum atomic E-state index is 14.3. The maximum absolute atomic E-state index is 14.3. The van der Waals surface area contributed by atoms with E-state index in [1.807, 2.05) is 0 Å². The van der Waals surface area contributed by atoms with Crippen molar-refractivity contribution in [3.63, 3.8) is 0 Å². The van der Waals surface area contributed by atoms with Crippen LogP contribution >= 0.6 is 11.3 Å². The zero-order valence-electron chi connectivity index (χ0n) is 22.3. The van der Waals surface area contributed by atoms with E-state index in [4.69, 9.17) is 4.42 Å². The van der Waals surface area contributed by atoms with Crippen LogP contribution in [0.15, 0.2) is 22.6 Å². The third kappa shape index (κ3) is 5.86. The number of aliphatic hydroxyl groups is 1. The smallest absolute Gasteiger partial charge is 0.406 e. The Labute approximate surface area is 236 Å². The monoisotopic (exact) mass is 634 g/mol. The van der Waals surface area contributed by atoms with Gasteiger partial charge in [-0.25, -0.2) is 22.5 Å². The molecule has 3 aromatic rings. The van der Waals surface area contributed by atoms with Crippen molar-refractivity contribution in [1.29, 1.82) is 0 Å². The van der Waals surface area contributed by atoms with Gasteiger partial charge in [0.05, 0.1) is 17.1 Å². The van der Waals surface area contributed by atoms with E-state index >= 15 is 0 Å². The van der Waals surface area contributed by atoms with Crippen LogP contribution in [0.2, 0.25) is 0 Å². The van der Waals surface area contributed by atoms with Gasteiger partial charge in [-0.1, -0.05) is 12.1 Å². The lowest BCUT2D eigenvalue weighted by Gasteiger charge is -2.34. The number of thiazole rings is 1. The van der Waals surface area contributed by atoms with Crippen molar-refractivity contribution in [3.8, 4) is 21.3 Å². The van der Waals surface area contributed by atoms with Crippen LogP contribution in [0.3, 0.4) is 0 Å². The third-order valence-electron chi connectivity index (χ3n) is 7.08. The van der Waals surface area contributed by atoms with Crippen molar-refractivity contribution in [3.05, 3.63) is 40.9 Å². The van der Waals surface area contributed by atoms with E-state index in [1.54, 1.807) is 0 Å². The summed E-state index contributed by atoms with van der Waals surface area (Å²) in [5.74, 6) is -3.57. The van der Waals surface area contributed by atoms with E-state index in [0.29, 0.717) is 23.5 Å². The van der Waals surface area contributed by atoms with Crippen molar-refractivity contribution < 1.29 is 53.4 Å². The summed E-state index contributed by atoms with van der Waals surface area (Å²) in [5.41, 5.74) is -9.14. The van der Waals surface area contributed by atoms with Crippen molar-refractivity contribution in [2.75, 3.05) is 6.54 Å². The fraction of sp³-hybridized carbons (Fsp3) is 0.560. The first kappa shape index (κ1) is 32.1. The largest absolute Gasteiger partial charge is 0.415 e. The quantitative estimate of drug-likeness (QED) is 0.270. The SMILES string of the molecule is C[C@H]1CC(F)(F)CN1Cc1nc(-c2nnc(C(C)(C)O)o2)sc1-c1ccc(C(C)(C(F)(F)F)C(F)(F)F)cc1C(F)F. The first-order valence-electron chi connectivity index (χ1n) is 12.3. The molecule has 1 aliphatic heterocycles. The average molecular weight is 635 g/mol. The molecule has 1 fully saturated rings. The number of hydrogen-bond donors (Lipinski definition) is 1. The van der Waals surface area contributed by atoms with Crippen molar-refractivity contribution in [2.45, 2.75) is 82.4 Å². The predicted octanol–water partition coefficient (Wildman–Crippen LogP) is 7.64. The van der Waals surface area contributed by atoms with Gasteiger partial charge in [0.2, 0.25) is 5.89 Å². The molecule has 0 aliphatic carbocycles. The van der Waals surface area contributed by atoms with Gasteiger partial charge >= 0.3 is 12.4 Å². The summed E-state index contributed by atoms with van der Waals surface area (Å²) in [4.78, 5) is 5.49. The highest BCUT2D eigenvalue weighted by atomic mass is 32.1. The van der Waals surface area contributed by atoms with Gasteiger partial charge in [-0.3, -0.25) is 4.90 Å². The van der Waals surface area contributed by atoms with Crippen LogP contribution in [0.25, 0.3) is 21.3 Å². The summed E-state index contributed by atoms with van der Waals surface area (Å²) < 4.78 is 144. The Bertz CT molecular complexity index is 1430. The lowest BCUT2D eigenvalue weighted by Crippen LogP contribution is -2.51. The average Bonchev–Trinajstić information content (AvgIpc) is 3.53. The molecule has 1 N–H and O–H groups in total. The topological polar surface area (TPSA) is 75.3 Å². The van der Waals surface area contributed by atoms with E-state index in [-0.39, 0.29) is 46.9 Å². The molecule has 232 valence electrons. The number of aromatic nitrogens is 3. The molecule has 2 aromatic heterocycles. The van der Waals surface area contributed by atoms with Crippen molar-refractivity contribution in [1.82, 2.24) is 20.1 Å². The van der Waals surface area contributed by atoms with Crippen LogP contribution in [0, 0.1) is 0 Å². The fourth-order valence-electron chi connectivity index (χ4n) is 4.55.